The third kappa shape index (κ3) is 5.35. The third-order valence-corrected chi connectivity index (χ3v) is 3.94. The number of carboxylic acids is 1. The van der Waals surface area contributed by atoms with Crippen molar-refractivity contribution in [2.24, 2.45) is 5.92 Å². The van der Waals surface area contributed by atoms with Crippen molar-refractivity contribution in [3.63, 3.8) is 0 Å². The fraction of sp³-hybridized carbons (Fsp3) is 0.421. The summed E-state index contributed by atoms with van der Waals surface area (Å²) in [5, 5.41) is 23.9. The number of rotatable bonds is 8. The maximum Gasteiger partial charge on any atom is 0.326 e. The zero-order chi connectivity index (χ0) is 19.0. The Kier molecular flexibility index (Phi) is 7.67. The molecule has 0 fully saturated rings. The van der Waals surface area contributed by atoms with E-state index in [2.05, 4.69) is 10.6 Å². The van der Waals surface area contributed by atoms with Crippen LogP contribution in [0.15, 0.2) is 30.0 Å². The molecule has 1 aromatic carbocycles. The predicted molar refractivity (Wildman–Crippen MR) is 96.9 cm³/mol. The number of nitriles is 1. The van der Waals surface area contributed by atoms with Crippen molar-refractivity contribution >= 4 is 17.6 Å². The van der Waals surface area contributed by atoms with E-state index in [9.17, 15) is 14.9 Å². The van der Waals surface area contributed by atoms with Crippen LogP contribution < -0.4 is 10.6 Å². The molecule has 0 bridgehead atoms. The Labute approximate surface area is 148 Å². The molecule has 6 heteroatoms. The first-order valence-electron chi connectivity index (χ1n) is 8.36. The van der Waals surface area contributed by atoms with Gasteiger partial charge < -0.3 is 15.7 Å². The van der Waals surface area contributed by atoms with Crippen LogP contribution in [0.5, 0.6) is 0 Å². The number of carbonyl (C=O) groups is 2. The molecular formula is C19H25N3O3. The Morgan fingerprint density at radius 1 is 1.24 bits per heavy atom. The van der Waals surface area contributed by atoms with Crippen molar-refractivity contribution in [1.82, 2.24) is 5.32 Å². The van der Waals surface area contributed by atoms with Crippen LogP contribution in [-0.4, -0.2) is 23.0 Å². The first kappa shape index (κ1) is 20.2. The molecule has 0 saturated heterocycles. The molecule has 25 heavy (non-hydrogen) atoms. The number of hydrogen-bond donors (Lipinski definition) is 3. The minimum Gasteiger partial charge on any atom is -0.480 e. The van der Waals surface area contributed by atoms with Crippen LogP contribution in [0.2, 0.25) is 0 Å². The second kappa shape index (κ2) is 9.48. The van der Waals surface area contributed by atoms with Crippen molar-refractivity contribution in [3.8, 4) is 6.07 Å². The number of nitrogens with one attached hydrogen (secondary N) is 2. The molecule has 0 saturated carbocycles. The van der Waals surface area contributed by atoms with Gasteiger partial charge in [0.1, 0.15) is 17.7 Å². The highest BCUT2D eigenvalue weighted by molar-refractivity contribution is 6.07. The Balaban J connectivity index is 3.04. The molecular weight excluding hydrogens is 318 g/mol. The molecule has 0 radical (unpaired) electrons. The fourth-order valence-corrected chi connectivity index (χ4v) is 2.45. The lowest BCUT2D eigenvalue weighted by molar-refractivity contribution is -0.140. The van der Waals surface area contributed by atoms with Crippen LogP contribution in [0.3, 0.4) is 0 Å². The standard InChI is InChI=1S/C19H25N3O3/c1-5-13-8-7-9-14(6-2)17(13)22-18(23)15(10-20)11-21-16(12(3)4)19(24)25/h7-9,11-12,16,21H,5-6H2,1-4H3,(H,22,23)(H,24,25)/b15-11-. The number of nitrogens with zero attached hydrogens (tertiary/aromatic N) is 1. The van der Waals surface area contributed by atoms with Gasteiger partial charge in [0.2, 0.25) is 0 Å². The summed E-state index contributed by atoms with van der Waals surface area (Å²) in [5.74, 6) is -1.78. The van der Waals surface area contributed by atoms with Crippen molar-refractivity contribution in [1.29, 1.82) is 5.26 Å². The molecule has 1 amide bonds. The lowest BCUT2D eigenvalue weighted by Crippen LogP contribution is -2.38. The van der Waals surface area contributed by atoms with E-state index in [-0.39, 0.29) is 11.5 Å². The van der Waals surface area contributed by atoms with E-state index in [0.717, 1.165) is 29.7 Å². The smallest absolute Gasteiger partial charge is 0.326 e. The van der Waals surface area contributed by atoms with Crippen molar-refractivity contribution in [2.75, 3.05) is 5.32 Å². The van der Waals surface area contributed by atoms with Gasteiger partial charge in [-0.15, -0.1) is 0 Å². The summed E-state index contributed by atoms with van der Waals surface area (Å²) in [6.07, 6.45) is 2.68. The number of amides is 1. The van der Waals surface area contributed by atoms with Crippen molar-refractivity contribution in [2.45, 2.75) is 46.6 Å². The van der Waals surface area contributed by atoms with Gasteiger partial charge in [0.15, 0.2) is 0 Å². The lowest BCUT2D eigenvalue weighted by atomic mass is 10.0. The van der Waals surface area contributed by atoms with Gasteiger partial charge >= 0.3 is 5.97 Å². The van der Waals surface area contributed by atoms with E-state index in [1.807, 2.05) is 38.1 Å². The molecule has 3 N–H and O–H groups in total. The highest BCUT2D eigenvalue weighted by atomic mass is 16.4. The molecule has 6 nitrogen and oxygen atoms in total. The molecule has 1 rings (SSSR count). The first-order chi connectivity index (χ1) is 11.8. The monoisotopic (exact) mass is 343 g/mol. The van der Waals surface area contributed by atoms with E-state index >= 15 is 0 Å². The average molecular weight is 343 g/mol. The first-order valence-corrected chi connectivity index (χ1v) is 8.36. The van der Waals surface area contributed by atoms with Crippen molar-refractivity contribution < 1.29 is 14.7 Å². The van der Waals surface area contributed by atoms with E-state index in [1.165, 1.54) is 6.20 Å². The van der Waals surface area contributed by atoms with Crippen LogP contribution >= 0.6 is 0 Å². The van der Waals surface area contributed by atoms with Gasteiger partial charge in [-0.05, 0) is 29.9 Å². The zero-order valence-corrected chi connectivity index (χ0v) is 15.1. The molecule has 0 aliphatic rings. The Morgan fingerprint density at radius 3 is 2.20 bits per heavy atom. The maximum atomic E-state index is 12.4. The summed E-state index contributed by atoms with van der Waals surface area (Å²) in [5.41, 5.74) is 2.53. The number of carbonyl (C=O) groups excluding carboxylic acids is 1. The van der Waals surface area contributed by atoms with Gasteiger partial charge in [0, 0.05) is 11.9 Å². The van der Waals surface area contributed by atoms with Gasteiger partial charge in [0.25, 0.3) is 5.91 Å². The van der Waals surface area contributed by atoms with Gasteiger partial charge in [0.05, 0.1) is 0 Å². The van der Waals surface area contributed by atoms with Gasteiger partial charge in [-0.3, -0.25) is 4.79 Å². The van der Waals surface area contributed by atoms with Crippen molar-refractivity contribution in [3.05, 3.63) is 41.1 Å². The number of benzene rings is 1. The highest BCUT2D eigenvalue weighted by Crippen LogP contribution is 2.23. The minimum absolute atomic E-state index is 0.167. The maximum absolute atomic E-state index is 12.4. The Morgan fingerprint density at radius 2 is 1.80 bits per heavy atom. The SMILES string of the molecule is CCc1cccc(CC)c1NC(=O)/C(C#N)=C\NC(C(=O)O)C(C)C. The molecule has 0 heterocycles. The Hall–Kier alpha value is -2.81. The molecule has 0 aromatic heterocycles. The van der Waals surface area contributed by atoms with Crippen LogP contribution in [0.25, 0.3) is 0 Å². The molecule has 1 atom stereocenters. The average Bonchev–Trinajstić information content (AvgIpc) is 2.57. The van der Waals surface area contributed by atoms with Gasteiger partial charge in [-0.2, -0.15) is 5.26 Å². The van der Waals surface area contributed by atoms with E-state index in [4.69, 9.17) is 5.11 Å². The normalized spacial score (nSPS) is 12.4. The van der Waals surface area contributed by atoms with Gasteiger partial charge in [-0.1, -0.05) is 45.9 Å². The summed E-state index contributed by atoms with van der Waals surface area (Å²) in [4.78, 5) is 23.6. The Bertz CT molecular complexity index is 680. The summed E-state index contributed by atoms with van der Waals surface area (Å²) in [6.45, 7) is 7.48. The molecule has 1 aromatic rings. The number of aryl methyl sites for hydroxylation is 2. The second-order valence-corrected chi connectivity index (χ2v) is 6.01. The van der Waals surface area contributed by atoms with Crippen LogP contribution in [-0.2, 0) is 22.4 Å². The predicted octanol–water partition coefficient (Wildman–Crippen LogP) is 2.86. The number of para-hydroxylation sites is 1. The molecule has 134 valence electrons. The van der Waals surface area contributed by atoms with Gasteiger partial charge in [-0.25, -0.2) is 4.79 Å². The molecule has 0 spiro atoms. The zero-order valence-electron chi connectivity index (χ0n) is 15.1. The fourth-order valence-electron chi connectivity index (χ4n) is 2.45. The summed E-state index contributed by atoms with van der Waals surface area (Å²) < 4.78 is 0. The summed E-state index contributed by atoms with van der Waals surface area (Å²) in [6, 6.07) is 6.76. The second-order valence-electron chi connectivity index (χ2n) is 6.01. The number of anilines is 1. The largest absolute Gasteiger partial charge is 0.480 e. The third-order valence-electron chi connectivity index (χ3n) is 3.94. The summed E-state index contributed by atoms with van der Waals surface area (Å²) in [7, 11) is 0. The molecule has 1 unspecified atom stereocenters. The summed E-state index contributed by atoms with van der Waals surface area (Å²) >= 11 is 0. The van der Waals surface area contributed by atoms with Crippen LogP contribution in [0, 0.1) is 17.2 Å². The topological polar surface area (TPSA) is 102 Å². The van der Waals surface area contributed by atoms with Crippen LogP contribution in [0.4, 0.5) is 5.69 Å². The van der Waals surface area contributed by atoms with E-state index < -0.39 is 17.9 Å². The minimum atomic E-state index is -1.03. The number of aliphatic carboxylic acids is 1. The molecule has 0 aliphatic heterocycles. The lowest BCUT2D eigenvalue weighted by Gasteiger charge is -2.17. The number of carboxylic acid groups (broad SMARTS) is 1. The quantitative estimate of drug-likeness (QED) is 0.497. The molecule has 0 aliphatic carbocycles. The number of hydrogen-bond acceptors (Lipinski definition) is 4. The highest BCUT2D eigenvalue weighted by Gasteiger charge is 2.21. The van der Waals surface area contributed by atoms with Crippen LogP contribution in [0.1, 0.15) is 38.8 Å². The van der Waals surface area contributed by atoms with E-state index in [0.29, 0.717) is 0 Å². The van der Waals surface area contributed by atoms with E-state index in [1.54, 1.807) is 13.8 Å².